The second-order valence-corrected chi connectivity index (χ2v) is 6.81. The van der Waals surface area contributed by atoms with Gasteiger partial charge in [-0.25, -0.2) is 4.79 Å². The van der Waals surface area contributed by atoms with Crippen LogP contribution >= 0.6 is 0 Å². The molecule has 2 N–H and O–H groups in total. The summed E-state index contributed by atoms with van der Waals surface area (Å²) < 4.78 is 22.4. The fourth-order valence-electron chi connectivity index (χ4n) is 3.59. The van der Waals surface area contributed by atoms with Gasteiger partial charge in [-0.3, -0.25) is 0 Å². The van der Waals surface area contributed by atoms with E-state index >= 15 is 0 Å². The van der Waals surface area contributed by atoms with Crippen LogP contribution in [0.2, 0.25) is 0 Å². The summed E-state index contributed by atoms with van der Waals surface area (Å²) >= 11 is 0. The van der Waals surface area contributed by atoms with Gasteiger partial charge in [-0.05, 0) is 36.2 Å². The fraction of sp³-hybridized carbons (Fsp3) is 0.217. The van der Waals surface area contributed by atoms with Crippen molar-refractivity contribution in [2.45, 2.75) is 19.3 Å². The number of rotatable bonds is 5. The van der Waals surface area contributed by atoms with Gasteiger partial charge in [0.2, 0.25) is 5.88 Å². The molecule has 0 radical (unpaired) electrons. The summed E-state index contributed by atoms with van der Waals surface area (Å²) in [7, 11) is 1.53. The van der Waals surface area contributed by atoms with Crippen molar-refractivity contribution in [1.82, 2.24) is 0 Å². The molecule has 0 bridgehead atoms. The van der Waals surface area contributed by atoms with Gasteiger partial charge in [0, 0.05) is 0 Å². The highest BCUT2D eigenvalue weighted by Crippen LogP contribution is 2.44. The van der Waals surface area contributed by atoms with E-state index in [1.807, 2.05) is 13.0 Å². The Morgan fingerprint density at radius 3 is 2.73 bits per heavy atom. The molecule has 0 aliphatic carbocycles. The van der Waals surface area contributed by atoms with E-state index in [2.05, 4.69) is 6.07 Å². The van der Waals surface area contributed by atoms with Crippen molar-refractivity contribution in [3.63, 3.8) is 0 Å². The quantitative estimate of drug-likeness (QED) is 0.644. The van der Waals surface area contributed by atoms with E-state index in [9.17, 15) is 10.1 Å². The lowest BCUT2D eigenvalue weighted by Crippen LogP contribution is -2.26. The zero-order chi connectivity index (χ0) is 21.3. The predicted molar refractivity (Wildman–Crippen MR) is 111 cm³/mol. The minimum Gasteiger partial charge on any atom is -0.493 e. The third-order valence-electron chi connectivity index (χ3n) is 4.96. The number of nitrogens with two attached hydrogens (primary N) is 1. The summed E-state index contributed by atoms with van der Waals surface area (Å²) in [4.78, 5) is 12.9. The average molecular weight is 404 g/mol. The zero-order valence-electron chi connectivity index (χ0n) is 16.6. The normalized spacial score (nSPS) is 15.3. The summed E-state index contributed by atoms with van der Waals surface area (Å²) in [6, 6.07) is 14.4. The Bertz CT molecular complexity index is 1250. The molecule has 0 unspecified atom stereocenters. The molecular formula is C23H20N2O5. The molecule has 0 spiro atoms. The molecule has 0 saturated heterocycles. The molecule has 0 fully saturated rings. The smallest absolute Gasteiger partial charge is 0.344 e. The van der Waals surface area contributed by atoms with Gasteiger partial charge in [0.05, 0.1) is 30.6 Å². The number of benzene rings is 2. The molecule has 7 nitrogen and oxygen atoms in total. The van der Waals surface area contributed by atoms with Crippen LogP contribution in [0.4, 0.5) is 0 Å². The van der Waals surface area contributed by atoms with E-state index in [-0.39, 0.29) is 17.0 Å². The van der Waals surface area contributed by atoms with E-state index < -0.39 is 11.5 Å². The van der Waals surface area contributed by atoms with Crippen LogP contribution in [-0.2, 0) is 0 Å². The molecule has 7 heteroatoms. The van der Waals surface area contributed by atoms with Crippen LogP contribution in [0, 0.1) is 11.3 Å². The fourth-order valence-corrected chi connectivity index (χ4v) is 3.59. The van der Waals surface area contributed by atoms with Gasteiger partial charge in [-0.2, -0.15) is 5.26 Å². The Morgan fingerprint density at radius 1 is 1.20 bits per heavy atom. The molecule has 152 valence electrons. The van der Waals surface area contributed by atoms with Crippen LogP contribution in [0.15, 0.2) is 63.1 Å². The summed E-state index contributed by atoms with van der Waals surface area (Å²) in [6.07, 6.45) is 0.851. The first-order chi connectivity index (χ1) is 14.6. The molecule has 2 heterocycles. The Labute approximate surface area is 172 Å². The van der Waals surface area contributed by atoms with Crippen molar-refractivity contribution < 1.29 is 18.6 Å². The van der Waals surface area contributed by atoms with Crippen LogP contribution in [-0.4, -0.2) is 13.7 Å². The number of nitrogens with zero attached hydrogens (tertiary/aromatic N) is 1. The molecule has 0 saturated carbocycles. The van der Waals surface area contributed by atoms with Gasteiger partial charge in [-0.15, -0.1) is 0 Å². The molecule has 1 aliphatic heterocycles. The van der Waals surface area contributed by atoms with Crippen molar-refractivity contribution in [1.29, 1.82) is 5.26 Å². The van der Waals surface area contributed by atoms with Crippen LogP contribution in [0.25, 0.3) is 11.0 Å². The highest BCUT2D eigenvalue weighted by atomic mass is 16.5. The van der Waals surface area contributed by atoms with Crippen LogP contribution in [0.5, 0.6) is 17.2 Å². The maximum absolute atomic E-state index is 12.9. The van der Waals surface area contributed by atoms with Crippen molar-refractivity contribution in [2.75, 3.05) is 13.7 Å². The van der Waals surface area contributed by atoms with Crippen molar-refractivity contribution in [2.24, 2.45) is 5.73 Å². The van der Waals surface area contributed by atoms with Gasteiger partial charge in [0.1, 0.15) is 17.2 Å². The first-order valence-electron chi connectivity index (χ1n) is 9.53. The minimum atomic E-state index is -0.756. The maximum atomic E-state index is 12.9. The van der Waals surface area contributed by atoms with Gasteiger partial charge >= 0.3 is 5.63 Å². The Kier molecular flexibility index (Phi) is 5.07. The van der Waals surface area contributed by atoms with Gasteiger partial charge in [-0.1, -0.05) is 25.1 Å². The standard InChI is InChI=1S/C23H20N2O5/c1-3-10-28-17-9-8-13(11-18(17)27-2)19-15(12-24)22(25)30-21-14-6-4-5-7-16(14)29-23(26)20(19)21/h4-9,11,19H,3,10,25H2,1-2H3/t19-/m1/s1. The molecular weight excluding hydrogens is 384 g/mol. The molecule has 3 aromatic rings. The Hall–Kier alpha value is -3.92. The van der Waals surface area contributed by atoms with Crippen molar-refractivity contribution in [3.8, 4) is 23.3 Å². The topological polar surface area (TPSA) is 108 Å². The first kappa shape index (κ1) is 19.4. The predicted octanol–water partition coefficient (Wildman–Crippen LogP) is 3.81. The largest absolute Gasteiger partial charge is 0.493 e. The maximum Gasteiger partial charge on any atom is 0.344 e. The molecule has 1 aliphatic rings. The second kappa shape index (κ2) is 7.84. The van der Waals surface area contributed by atoms with Crippen molar-refractivity contribution >= 4 is 11.0 Å². The lowest BCUT2D eigenvalue weighted by atomic mass is 9.83. The number of nitriles is 1. The minimum absolute atomic E-state index is 0.0453. The Morgan fingerprint density at radius 2 is 2.00 bits per heavy atom. The van der Waals surface area contributed by atoms with E-state index in [0.29, 0.717) is 40.4 Å². The van der Waals surface area contributed by atoms with E-state index in [1.54, 1.807) is 36.4 Å². The highest BCUT2D eigenvalue weighted by molar-refractivity contribution is 5.86. The number of allylic oxidation sites excluding steroid dienone is 1. The third kappa shape index (κ3) is 3.12. The highest BCUT2D eigenvalue weighted by Gasteiger charge is 2.35. The second-order valence-electron chi connectivity index (χ2n) is 6.81. The number of para-hydroxylation sites is 1. The number of methoxy groups -OCH3 is 1. The van der Waals surface area contributed by atoms with Gasteiger partial charge < -0.3 is 24.4 Å². The summed E-state index contributed by atoms with van der Waals surface area (Å²) in [5, 5.41) is 10.4. The molecule has 30 heavy (non-hydrogen) atoms. The third-order valence-corrected chi connectivity index (χ3v) is 4.96. The monoisotopic (exact) mass is 404 g/mol. The molecule has 1 aromatic heterocycles. The van der Waals surface area contributed by atoms with E-state index in [4.69, 9.17) is 24.4 Å². The van der Waals surface area contributed by atoms with Crippen molar-refractivity contribution in [3.05, 3.63) is 75.5 Å². The van der Waals surface area contributed by atoms with E-state index in [0.717, 1.165) is 6.42 Å². The van der Waals surface area contributed by atoms with E-state index in [1.165, 1.54) is 7.11 Å². The Balaban J connectivity index is 1.95. The number of hydrogen-bond acceptors (Lipinski definition) is 7. The van der Waals surface area contributed by atoms with Gasteiger partial charge in [0.25, 0.3) is 0 Å². The lowest BCUT2D eigenvalue weighted by molar-refractivity contribution is 0.294. The number of ether oxygens (including phenoxy) is 3. The van der Waals surface area contributed by atoms with Crippen LogP contribution in [0.1, 0.15) is 30.4 Å². The lowest BCUT2D eigenvalue weighted by Gasteiger charge is -2.26. The summed E-state index contributed by atoms with van der Waals surface area (Å²) in [5.41, 5.74) is 6.89. The summed E-state index contributed by atoms with van der Waals surface area (Å²) in [5.74, 6) is 0.574. The SMILES string of the molecule is CCCOc1ccc([C@@H]2C(C#N)=C(N)Oc3c2c(=O)oc2ccccc32)cc1OC. The van der Waals surface area contributed by atoms with Gasteiger partial charge in [0.15, 0.2) is 17.2 Å². The zero-order valence-corrected chi connectivity index (χ0v) is 16.6. The molecule has 4 rings (SSSR count). The number of hydrogen-bond donors (Lipinski definition) is 1. The average Bonchev–Trinajstić information content (AvgIpc) is 2.76. The molecule has 0 amide bonds. The first-order valence-corrected chi connectivity index (χ1v) is 9.53. The molecule has 1 atom stereocenters. The van der Waals surface area contributed by atoms with Crippen LogP contribution < -0.4 is 25.6 Å². The molecule has 2 aromatic carbocycles. The van der Waals surface area contributed by atoms with Crippen LogP contribution in [0.3, 0.4) is 0 Å². The summed E-state index contributed by atoms with van der Waals surface area (Å²) in [6.45, 7) is 2.55. The number of fused-ring (bicyclic) bond motifs is 3.